The van der Waals surface area contributed by atoms with Crippen LogP contribution in [0.5, 0.6) is 0 Å². The van der Waals surface area contributed by atoms with E-state index in [-0.39, 0.29) is 0 Å². The van der Waals surface area contributed by atoms with Crippen molar-refractivity contribution in [2.24, 2.45) is 5.92 Å². The molecule has 1 nitrogen and oxygen atoms in total. The first kappa shape index (κ1) is 12.5. The Hall–Kier alpha value is -0.460. The third-order valence-electron chi connectivity index (χ3n) is 2.16. The van der Waals surface area contributed by atoms with E-state index in [4.69, 9.17) is 4.74 Å². The van der Waals surface area contributed by atoms with Crippen LogP contribution in [0.15, 0.2) is 12.3 Å². The van der Waals surface area contributed by atoms with Gasteiger partial charge in [-0.05, 0) is 24.8 Å². The molecule has 0 amide bonds. The van der Waals surface area contributed by atoms with Crippen molar-refractivity contribution in [1.29, 1.82) is 0 Å². The van der Waals surface area contributed by atoms with Crippen LogP contribution in [0.1, 0.15) is 46.5 Å². The van der Waals surface area contributed by atoms with E-state index in [9.17, 15) is 0 Å². The highest BCUT2D eigenvalue weighted by Gasteiger charge is 1.96. The van der Waals surface area contributed by atoms with Crippen LogP contribution < -0.4 is 0 Å². The van der Waals surface area contributed by atoms with Crippen molar-refractivity contribution in [1.82, 2.24) is 0 Å². The third kappa shape index (κ3) is 9.45. The van der Waals surface area contributed by atoms with E-state index in [1.54, 1.807) is 0 Å². The largest absolute Gasteiger partial charge is 0.501 e. The molecular formula is C12H23O. The average Bonchev–Trinajstić information content (AvgIpc) is 2.16. The monoisotopic (exact) mass is 183 g/mol. The Morgan fingerprint density at radius 1 is 1.31 bits per heavy atom. The average molecular weight is 183 g/mol. The lowest BCUT2D eigenvalue weighted by molar-refractivity contribution is 0.264. The summed E-state index contributed by atoms with van der Waals surface area (Å²) in [6.07, 6.45) is 11.0. The summed E-state index contributed by atoms with van der Waals surface area (Å²) in [6.45, 7) is 7.35. The fraction of sp³-hybridized carbons (Fsp3) is 0.750. The molecule has 0 aliphatic rings. The highest BCUT2D eigenvalue weighted by atomic mass is 16.5. The van der Waals surface area contributed by atoms with Gasteiger partial charge in [0.15, 0.2) is 0 Å². The van der Waals surface area contributed by atoms with E-state index in [1.807, 2.05) is 6.26 Å². The summed E-state index contributed by atoms with van der Waals surface area (Å²) in [5.74, 6) is 0.670. The van der Waals surface area contributed by atoms with E-state index < -0.39 is 0 Å². The quantitative estimate of drug-likeness (QED) is 0.409. The SMILES string of the molecule is CCCCC=COC[CH]C(C)CC. The summed E-state index contributed by atoms with van der Waals surface area (Å²) in [5, 5.41) is 0. The number of unbranched alkanes of at least 4 members (excludes halogenated alkanes) is 2. The maximum atomic E-state index is 5.32. The van der Waals surface area contributed by atoms with Gasteiger partial charge in [0.25, 0.3) is 0 Å². The molecular weight excluding hydrogens is 160 g/mol. The second kappa shape index (κ2) is 9.63. The molecule has 77 valence electrons. The molecule has 0 aromatic heterocycles. The maximum absolute atomic E-state index is 5.32. The molecule has 0 saturated heterocycles. The molecule has 0 fully saturated rings. The molecule has 0 aromatic rings. The predicted molar refractivity (Wildman–Crippen MR) is 58.4 cm³/mol. The van der Waals surface area contributed by atoms with Crippen molar-refractivity contribution < 1.29 is 4.74 Å². The summed E-state index contributed by atoms with van der Waals surface area (Å²) in [5.41, 5.74) is 0. The van der Waals surface area contributed by atoms with Gasteiger partial charge in [0.1, 0.15) is 0 Å². The zero-order valence-electron chi connectivity index (χ0n) is 9.25. The van der Waals surface area contributed by atoms with Crippen LogP contribution >= 0.6 is 0 Å². The Morgan fingerprint density at radius 2 is 2.08 bits per heavy atom. The normalized spacial score (nSPS) is 13.5. The van der Waals surface area contributed by atoms with Crippen LogP contribution in [-0.2, 0) is 4.74 Å². The summed E-state index contributed by atoms with van der Waals surface area (Å²) < 4.78 is 5.32. The fourth-order valence-corrected chi connectivity index (χ4v) is 0.900. The minimum absolute atomic E-state index is 0.670. The van der Waals surface area contributed by atoms with Gasteiger partial charge in [-0.2, -0.15) is 0 Å². The Balaban J connectivity index is 3.10. The van der Waals surface area contributed by atoms with Gasteiger partial charge in [-0.1, -0.05) is 33.6 Å². The van der Waals surface area contributed by atoms with Crippen molar-refractivity contribution in [2.45, 2.75) is 46.5 Å². The zero-order valence-corrected chi connectivity index (χ0v) is 9.25. The van der Waals surface area contributed by atoms with E-state index in [1.165, 1.54) is 19.3 Å². The lowest BCUT2D eigenvalue weighted by atomic mass is 10.1. The Labute approximate surface area is 83.2 Å². The Kier molecular flexibility index (Phi) is 9.29. The second-order valence-corrected chi connectivity index (χ2v) is 3.47. The van der Waals surface area contributed by atoms with Crippen LogP contribution in [0.25, 0.3) is 0 Å². The van der Waals surface area contributed by atoms with Crippen LogP contribution in [0.4, 0.5) is 0 Å². The minimum Gasteiger partial charge on any atom is -0.501 e. The van der Waals surface area contributed by atoms with E-state index in [2.05, 4.69) is 33.3 Å². The van der Waals surface area contributed by atoms with Crippen LogP contribution in [0.2, 0.25) is 0 Å². The first-order valence-electron chi connectivity index (χ1n) is 5.41. The summed E-state index contributed by atoms with van der Waals surface area (Å²) >= 11 is 0. The highest BCUT2D eigenvalue weighted by molar-refractivity contribution is 4.76. The molecule has 0 bridgehead atoms. The maximum Gasteiger partial charge on any atom is 0.0907 e. The lowest BCUT2D eigenvalue weighted by Crippen LogP contribution is -1.98. The first-order chi connectivity index (χ1) is 6.31. The molecule has 1 unspecified atom stereocenters. The molecule has 0 heterocycles. The Bertz CT molecular complexity index is 118. The van der Waals surface area contributed by atoms with Gasteiger partial charge in [0.2, 0.25) is 0 Å². The first-order valence-corrected chi connectivity index (χ1v) is 5.41. The molecule has 0 aromatic carbocycles. The van der Waals surface area contributed by atoms with Crippen molar-refractivity contribution in [3.8, 4) is 0 Å². The van der Waals surface area contributed by atoms with Crippen molar-refractivity contribution >= 4 is 0 Å². The minimum atomic E-state index is 0.670. The van der Waals surface area contributed by atoms with E-state index >= 15 is 0 Å². The summed E-state index contributed by atoms with van der Waals surface area (Å²) in [4.78, 5) is 0. The Morgan fingerprint density at radius 3 is 2.69 bits per heavy atom. The van der Waals surface area contributed by atoms with E-state index in [0.29, 0.717) is 5.92 Å². The van der Waals surface area contributed by atoms with Crippen molar-refractivity contribution in [2.75, 3.05) is 6.61 Å². The predicted octanol–water partition coefficient (Wildman–Crippen LogP) is 3.96. The number of hydrogen-bond acceptors (Lipinski definition) is 1. The zero-order chi connectivity index (χ0) is 9.94. The number of hydrogen-bond donors (Lipinski definition) is 0. The highest BCUT2D eigenvalue weighted by Crippen LogP contribution is 2.04. The smallest absolute Gasteiger partial charge is 0.0907 e. The molecule has 1 atom stereocenters. The molecule has 0 spiro atoms. The van der Waals surface area contributed by atoms with Crippen LogP contribution in [0, 0.1) is 12.3 Å². The molecule has 0 saturated carbocycles. The number of allylic oxidation sites excluding steroid dienone is 1. The summed E-state index contributed by atoms with van der Waals surface area (Å²) in [7, 11) is 0. The standard InChI is InChI=1S/C12H23O/c1-4-6-7-8-10-13-11-9-12(3)5-2/h8-10,12H,4-7,11H2,1-3H3. The van der Waals surface area contributed by atoms with E-state index in [0.717, 1.165) is 13.0 Å². The second-order valence-electron chi connectivity index (χ2n) is 3.47. The fourth-order valence-electron chi connectivity index (χ4n) is 0.900. The molecule has 13 heavy (non-hydrogen) atoms. The van der Waals surface area contributed by atoms with Gasteiger partial charge in [0.05, 0.1) is 12.9 Å². The van der Waals surface area contributed by atoms with Gasteiger partial charge in [-0.3, -0.25) is 0 Å². The molecule has 0 rings (SSSR count). The summed E-state index contributed by atoms with van der Waals surface area (Å²) in [6, 6.07) is 0. The topological polar surface area (TPSA) is 9.23 Å². The third-order valence-corrected chi connectivity index (χ3v) is 2.16. The van der Waals surface area contributed by atoms with Gasteiger partial charge < -0.3 is 4.74 Å². The molecule has 0 N–H and O–H groups in total. The van der Waals surface area contributed by atoms with Crippen LogP contribution in [-0.4, -0.2) is 6.61 Å². The lowest BCUT2D eigenvalue weighted by Gasteiger charge is -2.06. The van der Waals surface area contributed by atoms with Crippen molar-refractivity contribution in [3.05, 3.63) is 18.8 Å². The molecule has 1 heteroatoms. The van der Waals surface area contributed by atoms with Gasteiger partial charge in [-0.25, -0.2) is 0 Å². The van der Waals surface area contributed by atoms with Gasteiger partial charge >= 0.3 is 0 Å². The molecule has 0 aliphatic carbocycles. The van der Waals surface area contributed by atoms with Gasteiger partial charge in [0, 0.05) is 6.42 Å². The molecule has 0 aliphatic heterocycles. The number of ether oxygens (including phenoxy) is 1. The molecule has 1 radical (unpaired) electrons. The number of rotatable bonds is 8. The van der Waals surface area contributed by atoms with Gasteiger partial charge in [-0.15, -0.1) is 0 Å². The van der Waals surface area contributed by atoms with Crippen LogP contribution in [0.3, 0.4) is 0 Å². The van der Waals surface area contributed by atoms with Crippen molar-refractivity contribution in [3.63, 3.8) is 0 Å².